The van der Waals surface area contributed by atoms with Gasteiger partial charge in [0.2, 0.25) is 5.91 Å². The molecule has 1 aromatic rings. The standard InChI is InChI=1S/C13H21IN4O2/c14-20-10-2-1-4-16-6-8-18(9-7-16)13(19)11-17-5-3-15-12-17/h3,5,12H,1-2,4,6-11H2. The minimum absolute atomic E-state index is 0.181. The Labute approximate surface area is 133 Å². The number of unbranched alkanes of at least 4 members (excludes halogenated alkanes) is 1. The van der Waals surface area contributed by atoms with E-state index >= 15 is 0 Å². The van der Waals surface area contributed by atoms with Gasteiger partial charge in [0, 0.05) is 38.6 Å². The quantitative estimate of drug-likeness (QED) is 0.517. The highest BCUT2D eigenvalue weighted by molar-refractivity contribution is 14.1. The molecule has 0 N–H and O–H groups in total. The third-order valence-corrected chi connectivity index (χ3v) is 3.99. The molecule has 112 valence electrons. The molecule has 0 radical (unpaired) electrons. The monoisotopic (exact) mass is 392 g/mol. The van der Waals surface area contributed by atoms with Gasteiger partial charge >= 0.3 is 0 Å². The van der Waals surface area contributed by atoms with Crippen LogP contribution in [0.3, 0.4) is 0 Å². The van der Waals surface area contributed by atoms with E-state index in [9.17, 15) is 4.79 Å². The van der Waals surface area contributed by atoms with Crippen LogP contribution in [0, 0.1) is 0 Å². The van der Waals surface area contributed by atoms with Crippen LogP contribution in [0.25, 0.3) is 0 Å². The molecule has 1 aromatic heterocycles. The second kappa shape index (κ2) is 8.58. The zero-order chi connectivity index (χ0) is 14.2. The third-order valence-electron chi connectivity index (χ3n) is 3.55. The van der Waals surface area contributed by atoms with E-state index < -0.39 is 0 Å². The first-order chi connectivity index (χ1) is 9.79. The van der Waals surface area contributed by atoms with Gasteiger partial charge in [-0.1, -0.05) is 0 Å². The van der Waals surface area contributed by atoms with E-state index in [1.807, 2.05) is 38.7 Å². The summed E-state index contributed by atoms with van der Waals surface area (Å²) in [7, 11) is 0. The molecule has 0 unspecified atom stereocenters. The minimum Gasteiger partial charge on any atom is -0.339 e. The molecule has 20 heavy (non-hydrogen) atoms. The second-order valence-corrected chi connectivity index (χ2v) is 5.60. The number of aromatic nitrogens is 2. The summed E-state index contributed by atoms with van der Waals surface area (Å²) in [6, 6.07) is 0. The number of hydrogen-bond donors (Lipinski definition) is 0. The van der Waals surface area contributed by atoms with Crippen molar-refractivity contribution in [1.82, 2.24) is 19.4 Å². The lowest BCUT2D eigenvalue weighted by atomic mass is 10.2. The summed E-state index contributed by atoms with van der Waals surface area (Å²) in [6.07, 6.45) is 7.46. The van der Waals surface area contributed by atoms with Crippen LogP contribution >= 0.6 is 23.0 Å². The molecule has 1 aliphatic heterocycles. The van der Waals surface area contributed by atoms with Gasteiger partial charge in [-0.25, -0.2) is 4.98 Å². The summed E-state index contributed by atoms with van der Waals surface area (Å²) >= 11 is 1.94. The second-order valence-electron chi connectivity index (χ2n) is 4.98. The van der Waals surface area contributed by atoms with Crippen molar-refractivity contribution in [3.63, 3.8) is 0 Å². The molecule has 0 spiro atoms. The van der Waals surface area contributed by atoms with Gasteiger partial charge in [0.15, 0.2) is 0 Å². The van der Waals surface area contributed by atoms with Crippen LogP contribution in [0.4, 0.5) is 0 Å². The summed E-state index contributed by atoms with van der Waals surface area (Å²) in [6.45, 7) is 5.93. The number of halogens is 1. The van der Waals surface area contributed by atoms with Gasteiger partial charge in [0.05, 0.1) is 12.9 Å². The van der Waals surface area contributed by atoms with Crippen molar-refractivity contribution in [3.8, 4) is 0 Å². The van der Waals surface area contributed by atoms with E-state index in [1.54, 1.807) is 12.5 Å². The zero-order valence-corrected chi connectivity index (χ0v) is 13.7. The summed E-state index contributed by atoms with van der Waals surface area (Å²) in [4.78, 5) is 20.4. The normalized spacial score (nSPS) is 16.6. The van der Waals surface area contributed by atoms with Crippen LogP contribution in [-0.4, -0.2) is 64.6 Å². The van der Waals surface area contributed by atoms with Gasteiger partial charge in [-0.05, 0) is 19.4 Å². The Balaban J connectivity index is 1.64. The molecule has 0 aliphatic carbocycles. The molecule has 6 nitrogen and oxygen atoms in total. The van der Waals surface area contributed by atoms with Gasteiger partial charge in [0.1, 0.15) is 29.6 Å². The van der Waals surface area contributed by atoms with E-state index in [1.165, 1.54) is 0 Å². The fourth-order valence-corrected chi connectivity index (χ4v) is 2.66. The Morgan fingerprint density at radius 2 is 2.05 bits per heavy atom. The van der Waals surface area contributed by atoms with Crippen molar-refractivity contribution in [3.05, 3.63) is 18.7 Å². The lowest BCUT2D eigenvalue weighted by Crippen LogP contribution is -2.49. The van der Waals surface area contributed by atoms with Crippen molar-refractivity contribution >= 4 is 28.9 Å². The molecular weight excluding hydrogens is 371 g/mol. The summed E-state index contributed by atoms with van der Waals surface area (Å²) < 4.78 is 6.84. The first kappa shape index (κ1) is 15.7. The lowest BCUT2D eigenvalue weighted by molar-refractivity contribution is -0.133. The number of hydrogen-bond acceptors (Lipinski definition) is 4. The Hall–Kier alpha value is -0.670. The van der Waals surface area contributed by atoms with Crippen LogP contribution in [0.1, 0.15) is 12.8 Å². The maximum Gasteiger partial charge on any atom is 0.242 e. The molecule has 0 bridgehead atoms. The van der Waals surface area contributed by atoms with Gasteiger partial charge < -0.3 is 12.5 Å². The number of imidazole rings is 1. The molecule has 2 heterocycles. The largest absolute Gasteiger partial charge is 0.339 e. The molecule has 2 rings (SSSR count). The fourth-order valence-electron chi connectivity index (χ4n) is 2.35. The van der Waals surface area contributed by atoms with Crippen molar-refractivity contribution < 1.29 is 7.86 Å². The maximum atomic E-state index is 12.1. The lowest BCUT2D eigenvalue weighted by Gasteiger charge is -2.34. The van der Waals surface area contributed by atoms with Crippen LogP contribution in [0.15, 0.2) is 18.7 Å². The van der Waals surface area contributed by atoms with Crippen molar-refractivity contribution in [2.75, 3.05) is 39.3 Å². The van der Waals surface area contributed by atoms with Gasteiger partial charge in [-0.3, -0.25) is 9.69 Å². The number of carbonyl (C=O) groups is 1. The Kier molecular flexibility index (Phi) is 6.74. The molecule has 1 amide bonds. The molecule has 0 saturated carbocycles. The zero-order valence-electron chi connectivity index (χ0n) is 11.6. The van der Waals surface area contributed by atoms with Crippen LogP contribution in [-0.2, 0) is 14.4 Å². The summed E-state index contributed by atoms with van der Waals surface area (Å²) in [5, 5.41) is 0. The number of amides is 1. The van der Waals surface area contributed by atoms with Crippen molar-refractivity contribution in [1.29, 1.82) is 0 Å². The smallest absolute Gasteiger partial charge is 0.242 e. The molecule has 0 aromatic carbocycles. The number of piperazine rings is 1. The average Bonchev–Trinajstić information content (AvgIpc) is 2.97. The fraction of sp³-hybridized carbons (Fsp3) is 0.692. The third kappa shape index (κ3) is 5.02. The van der Waals surface area contributed by atoms with E-state index in [0.29, 0.717) is 6.54 Å². The molecular formula is C13H21IN4O2. The predicted octanol–water partition coefficient (Wildman–Crippen LogP) is 1.17. The topological polar surface area (TPSA) is 50.6 Å². The van der Waals surface area contributed by atoms with E-state index in [4.69, 9.17) is 3.07 Å². The van der Waals surface area contributed by atoms with Crippen LogP contribution < -0.4 is 0 Å². The van der Waals surface area contributed by atoms with Gasteiger partial charge in [-0.2, -0.15) is 0 Å². The summed E-state index contributed by atoms with van der Waals surface area (Å²) in [5.74, 6) is 0.181. The first-order valence-corrected chi connectivity index (χ1v) is 7.87. The van der Waals surface area contributed by atoms with E-state index in [-0.39, 0.29) is 5.91 Å². The van der Waals surface area contributed by atoms with Gasteiger partial charge in [0.25, 0.3) is 0 Å². The average molecular weight is 392 g/mol. The van der Waals surface area contributed by atoms with E-state index in [0.717, 1.165) is 52.2 Å². The molecule has 1 aliphatic rings. The molecule has 7 heteroatoms. The predicted molar refractivity (Wildman–Crippen MR) is 84.5 cm³/mol. The molecule has 1 saturated heterocycles. The molecule has 1 fully saturated rings. The van der Waals surface area contributed by atoms with Crippen molar-refractivity contribution in [2.24, 2.45) is 0 Å². The number of nitrogens with zero attached hydrogens (tertiary/aromatic N) is 4. The number of carbonyl (C=O) groups excluding carboxylic acids is 1. The number of rotatable bonds is 7. The highest BCUT2D eigenvalue weighted by Gasteiger charge is 2.20. The Morgan fingerprint density at radius 1 is 1.25 bits per heavy atom. The first-order valence-electron chi connectivity index (χ1n) is 6.99. The Bertz CT molecular complexity index is 391. The maximum absolute atomic E-state index is 12.1. The Morgan fingerprint density at radius 3 is 2.70 bits per heavy atom. The summed E-state index contributed by atoms with van der Waals surface area (Å²) in [5.41, 5.74) is 0. The van der Waals surface area contributed by atoms with Gasteiger partial charge in [-0.15, -0.1) is 0 Å². The van der Waals surface area contributed by atoms with Crippen LogP contribution in [0.2, 0.25) is 0 Å². The highest BCUT2D eigenvalue weighted by Crippen LogP contribution is 2.05. The van der Waals surface area contributed by atoms with E-state index in [2.05, 4.69) is 9.88 Å². The van der Waals surface area contributed by atoms with Crippen LogP contribution in [0.5, 0.6) is 0 Å². The molecule has 0 atom stereocenters. The highest BCUT2D eigenvalue weighted by atomic mass is 127. The SMILES string of the molecule is O=C(Cn1ccnc1)N1CCN(CCCCOI)CC1. The minimum atomic E-state index is 0.181. The van der Waals surface area contributed by atoms with Crippen molar-refractivity contribution in [2.45, 2.75) is 19.4 Å².